The van der Waals surface area contributed by atoms with Gasteiger partial charge in [0.05, 0.1) is 32.8 Å². The number of aliphatic hydroxyl groups excluding tert-OH is 3. The third kappa shape index (κ3) is 29.8. The number of guanidine groups is 1. The van der Waals surface area contributed by atoms with Crippen LogP contribution in [0.25, 0.3) is 10.9 Å². The number of aromatic hydroxyl groups is 1. The van der Waals surface area contributed by atoms with Gasteiger partial charge in [-0.25, -0.2) is 4.79 Å². The number of para-hydroxylation sites is 1. The molecular formula is C72H104N16O20. The predicted molar refractivity (Wildman–Crippen MR) is 390 cm³/mol. The quantitative estimate of drug-likeness (QED) is 0.00882. The normalized spacial score (nSPS) is 16.5. The highest BCUT2D eigenvalue weighted by molar-refractivity contribution is 5.99. The van der Waals surface area contributed by atoms with Gasteiger partial charge in [-0.2, -0.15) is 0 Å². The molecule has 6 rings (SSSR count). The molecule has 3 unspecified atom stereocenters. The zero-order chi connectivity index (χ0) is 79.0. The van der Waals surface area contributed by atoms with Crippen molar-refractivity contribution in [3.8, 4) is 5.75 Å². The number of benzene rings is 3. The Bertz CT molecular complexity index is 3640. The molecule has 3 aromatic carbocycles. The number of hydrogen-bond acceptors (Lipinski definition) is 21. The van der Waals surface area contributed by atoms with Gasteiger partial charge in [0.1, 0.15) is 60.1 Å². The van der Waals surface area contributed by atoms with Crippen LogP contribution in [0.3, 0.4) is 0 Å². The predicted octanol–water partition coefficient (Wildman–Crippen LogP) is -3.60. The van der Waals surface area contributed by atoms with Crippen molar-refractivity contribution in [1.82, 2.24) is 72.9 Å². The number of aliphatic hydroxyl groups is 4. The van der Waals surface area contributed by atoms with Gasteiger partial charge in [0.2, 0.25) is 53.2 Å². The van der Waals surface area contributed by atoms with Crippen LogP contribution in [-0.4, -0.2) is 277 Å². The van der Waals surface area contributed by atoms with Crippen molar-refractivity contribution in [2.24, 2.45) is 17.6 Å². The van der Waals surface area contributed by atoms with Crippen molar-refractivity contribution in [3.63, 3.8) is 0 Å². The van der Waals surface area contributed by atoms with E-state index in [1.165, 1.54) is 24.3 Å². The molecule has 9 amide bonds. The number of hydrogen-bond donors (Lipinski definition) is 21. The maximum Gasteiger partial charge on any atom is 0.328 e. The average molecular weight is 1510 g/mol. The number of aromatic nitrogens is 1. The summed E-state index contributed by atoms with van der Waals surface area (Å²) in [4.78, 5) is 174. The summed E-state index contributed by atoms with van der Waals surface area (Å²) in [6.07, 6.45) is 1.49. The molecule has 1 aliphatic carbocycles. The number of carboxylic acids is 3. The number of H-pyrrole nitrogens is 1. The van der Waals surface area contributed by atoms with E-state index in [0.717, 1.165) is 19.3 Å². The number of aliphatic carboxylic acids is 3. The van der Waals surface area contributed by atoms with Crippen LogP contribution in [0, 0.1) is 17.2 Å². The van der Waals surface area contributed by atoms with Crippen molar-refractivity contribution >= 4 is 87.9 Å². The Hall–Kier alpha value is -10.4. The van der Waals surface area contributed by atoms with Crippen molar-refractivity contribution < 1.29 is 98.4 Å². The molecule has 0 bridgehead atoms. The van der Waals surface area contributed by atoms with Crippen LogP contribution in [0.4, 0.5) is 0 Å². The smallest absolute Gasteiger partial charge is 0.328 e. The van der Waals surface area contributed by atoms with Gasteiger partial charge in [-0.05, 0) is 72.4 Å². The van der Waals surface area contributed by atoms with E-state index in [-0.39, 0.29) is 121 Å². The number of amides is 9. The Morgan fingerprint density at radius 2 is 0.944 bits per heavy atom. The van der Waals surface area contributed by atoms with E-state index in [0.29, 0.717) is 40.4 Å². The van der Waals surface area contributed by atoms with Crippen LogP contribution in [0.5, 0.6) is 5.75 Å². The molecule has 1 saturated carbocycles. The van der Waals surface area contributed by atoms with Gasteiger partial charge in [0.25, 0.3) is 0 Å². The van der Waals surface area contributed by atoms with E-state index in [4.69, 9.17) is 11.1 Å². The standard InChI is InChI=1S/C72H104N16O20/c1-42(2)30-51(64(100)83-55(68(104)85-58(41-90)71(107)108)34-46-36-76-49-17-10-9-16-48(46)49)79-65(101)54(33-45-19-21-47(91)22-20-45)80-63(99)50(18-11-23-75-72(73)74)78-70(106)57(40-89)84-67(103)53(32-44-14-7-4-8-15-44)81-66(102)52(31-43-12-5-3-6-13-43)82-69(105)56(35-60(93)94)77-59(92)37-86-24-26-87(38-61(95)96)28-29-88(27-25-86)39-62(97)98/h4,7-10,14-17,19-22,36,42-43,50-58,60,76,89-91,93-94H,3,5-6,11-13,18,23-35,37-41H2,1-2H3,(H,77,92)(H,78,106)(H,79,101)(H,80,99)(H,81,102)(H,82,105)(H,83,100)(H,84,103)(H,85,104)(H,95,96)(H,97,98)(H,107,108)(H4,73,74,75)/t50?,51-,52-,53?,54-,55-,56-,57?,58-/m0/s1. The Balaban J connectivity index is 1.23. The summed E-state index contributed by atoms with van der Waals surface area (Å²) in [5.74, 6) is -13.5. The molecule has 9 atom stereocenters. The van der Waals surface area contributed by atoms with Crippen LogP contribution in [0.1, 0.15) is 94.7 Å². The molecule has 2 fully saturated rings. The summed E-state index contributed by atoms with van der Waals surface area (Å²) in [6, 6.07) is 6.52. The summed E-state index contributed by atoms with van der Waals surface area (Å²) in [6.45, 7) is 1.38. The van der Waals surface area contributed by atoms with Crippen molar-refractivity contribution in [2.45, 2.75) is 158 Å². The van der Waals surface area contributed by atoms with E-state index < -0.39 is 164 Å². The van der Waals surface area contributed by atoms with Crippen molar-refractivity contribution in [3.05, 3.63) is 102 Å². The minimum Gasteiger partial charge on any atom is -0.508 e. The minimum atomic E-state index is -2.16. The van der Waals surface area contributed by atoms with E-state index in [1.54, 1.807) is 89.3 Å². The van der Waals surface area contributed by atoms with Crippen LogP contribution in [0.15, 0.2) is 85.1 Å². The molecule has 1 saturated heterocycles. The first-order valence-electron chi connectivity index (χ1n) is 36.1. The first-order valence-corrected chi connectivity index (χ1v) is 36.1. The van der Waals surface area contributed by atoms with Crippen LogP contribution >= 0.6 is 0 Å². The van der Waals surface area contributed by atoms with Gasteiger partial charge in [0, 0.05) is 88.6 Å². The number of rotatable bonds is 42. The first-order chi connectivity index (χ1) is 51.5. The van der Waals surface area contributed by atoms with Crippen LogP contribution in [0.2, 0.25) is 0 Å². The van der Waals surface area contributed by atoms with Gasteiger partial charge in [-0.3, -0.25) is 72.8 Å². The summed E-state index contributed by atoms with van der Waals surface area (Å²) >= 11 is 0. The molecule has 592 valence electrons. The number of aromatic amines is 1. The molecule has 1 aliphatic heterocycles. The second-order valence-electron chi connectivity index (χ2n) is 27.6. The molecule has 2 aliphatic rings. The molecule has 22 N–H and O–H groups in total. The van der Waals surface area contributed by atoms with Crippen LogP contribution < -0.4 is 58.9 Å². The number of nitrogens with zero attached hydrogens (tertiary/aromatic N) is 3. The van der Waals surface area contributed by atoms with E-state index >= 15 is 0 Å². The molecular weight excluding hydrogens is 1410 g/mol. The van der Waals surface area contributed by atoms with Gasteiger partial charge >= 0.3 is 17.9 Å². The highest BCUT2D eigenvalue weighted by Crippen LogP contribution is 2.28. The molecule has 4 aromatic rings. The first kappa shape index (κ1) is 86.5. The summed E-state index contributed by atoms with van der Waals surface area (Å²) in [5, 5.41) is 114. The molecule has 108 heavy (non-hydrogen) atoms. The zero-order valence-corrected chi connectivity index (χ0v) is 60.6. The largest absolute Gasteiger partial charge is 0.508 e. The number of carboxylic acid groups (broad SMARTS) is 3. The van der Waals surface area contributed by atoms with E-state index in [9.17, 15) is 98.4 Å². The summed E-state index contributed by atoms with van der Waals surface area (Å²) in [7, 11) is 0. The number of nitrogens with one attached hydrogen (secondary N) is 12. The second-order valence-corrected chi connectivity index (χ2v) is 27.6. The van der Waals surface area contributed by atoms with Crippen molar-refractivity contribution in [2.75, 3.05) is 78.7 Å². The molecule has 2 heterocycles. The molecule has 0 radical (unpaired) electrons. The minimum absolute atomic E-state index is 0.0154. The third-order valence-electron chi connectivity index (χ3n) is 18.5. The van der Waals surface area contributed by atoms with Gasteiger partial charge in [0.15, 0.2) is 12.2 Å². The second kappa shape index (κ2) is 44.1. The number of fused-ring (bicyclic) bond motifs is 1. The number of phenolic OH excluding ortho intramolecular Hbond substituents is 1. The van der Waals surface area contributed by atoms with Crippen LogP contribution in [-0.2, 0) is 76.8 Å². The molecule has 1 aromatic heterocycles. The Labute approximate surface area is 623 Å². The number of carbonyl (C=O) groups excluding carboxylic acids is 9. The maximum absolute atomic E-state index is 14.9. The van der Waals surface area contributed by atoms with Crippen molar-refractivity contribution in [1.29, 1.82) is 5.41 Å². The number of carbonyl (C=O) groups is 12. The molecule has 36 heteroatoms. The summed E-state index contributed by atoms with van der Waals surface area (Å²) in [5.41, 5.74) is 7.67. The Kier molecular flexibility index (Phi) is 35.3. The van der Waals surface area contributed by atoms with Gasteiger partial charge in [-0.1, -0.05) is 107 Å². The van der Waals surface area contributed by atoms with Gasteiger partial charge in [-0.15, -0.1) is 0 Å². The fraction of sp³-hybridized carbons (Fsp3) is 0.542. The Morgan fingerprint density at radius 1 is 0.509 bits per heavy atom. The average Bonchev–Trinajstić information content (AvgIpc) is 1.73. The lowest BCUT2D eigenvalue weighted by Gasteiger charge is -2.30. The number of nitrogens with two attached hydrogens (primary N) is 1. The molecule has 36 nitrogen and oxygen atoms in total. The lowest BCUT2D eigenvalue weighted by molar-refractivity contribution is -0.143. The molecule has 0 spiro atoms. The lowest BCUT2D eigenvalue weighted by atomic mass is 9.84. The monoisotopic (exact) mass is 1510 g/mol. The number of phenols is 1. The van der Waals surface area contributed by atoms with E-state index in [1.807, 2.05) is 0 Å². The topological polar surface area (TPSA) is 562 Å². The fourth-order valence-corrected chi connectivity index (χ4v) is 12.8. The maximum atomic E-state index is 14.9. The Morgan fingerprint density at radius 3 is 1.46 bits per heavy atom. The van der Waals surface area contributed by atoms with Gasteiger partial charge < -0.3 is 105 Å². The fourth-order valence-electron chi connectivity index (χ4n) is 12.8. The highest BCUT2D eigenvalue weighted by atomic mass is 16.5. The summed E-state index contributed by atoms with van der Waals surface area (Å²) < 4.78 is 0. The lowest BCUT2D eigenvalue weighted by Crippen LogP contribution is -2.61. The zero-order valence-electron chi connectivity index (χ0n) is 60.6. The SMILES string of the molecule is CC(C)C[C@H](NC(=O)[C@H](Cc1ccc(O)cc1)NC(=O)C(CCCNC(=N)N)NC(=O)C(CO)NC(=O)C(Cc1ccccc1)NC(=O)[C@H](CC1CCCCC1)NC(=O)[C@H](CC(O)O)NC(=O)CN1CCN(CC(=O)O)CCN(CC(=O)O)CC1)C(=O)N[C@@H](Cc1c[nH]c2ccccc12)C(=O)N[C@@H](CO)C(=O)O. The third-order valence-corrected chi connectivity index (χ3v) is 18.5. The highest BCUT2D eigenvalue weighted by Gasteiger charge is 2.38. The van der Waals surface area contributed by atoms with E-state index in [2.05, 4.69) is 58.2 Å².